The Bertz CT molecular complexity index is 575. The van der Waals surface area contributed by atoms with E-state index in [1.807, 2.05) is 6.08 Å². The van der Waals surface area contributed by atoms with Crippen molar-refractivity contribution in [3.8, 4) is 0 Å². The summed E-state index contributed by atoms with van der Waals surface area (Å²) in [6, 6.07) is 0. The van der Waals surface area contributed by atoms with E-state index in [1.54, 1.807) is 6.08 Å². The molecule has 3 rings (SSSR count). The Kier molecular flexibility index (Phi) is 3.98. The first-order chi connectivity index (χ1) is 10.3. The number of allylic oxidation sites excluding steroid dienone is 1. The van der Waals surface area contributed by atoms with Gasteiger partial charge in [0.2, 0.25) is 0 Å². The summed E-state index contributed by atoms with van der Waals surface area (Å²) >= 11 is 4.02. The van der Waals surface area contributed by atoms with Gasteiger partial charge in [-0.25, -0.2) is 4.79 Å². The predicted octanol–water partition coefficient (Wildman–Crippen LogP) is 2.08. The van der Waals surface area contributed by atoms with E-state index in [9.17, 15) is 14.7 Å². The van der Waals surface area contributed by atoms with E-state index < -0.39 is 12.2 Å². The molecule has 22 heavy (non-hydrogen) atoms. The number of thiol groups is 1. The van der Waals surface area contributed by atoms with Gasteiger partial charge in [-0.3, -0.25) is 4.79 Å². The minimum atomic E-state index is -0.725. The molecule has 1 N–H and O–H groups in total. The minimum absolute atomic E-state index is 0.0699. The largest absolute Gasteiger partial charge is 0.452 e. The number of hydrogen-bond acceptors (Lipinski definition) is 5. The fourth-order valence-electron chi connectivity index (χ4n) is 4.29. The van der Waals surface area contributed by atoms with E-state index in [2.05, 4.69) is 26.5 Å². The molecule has 3 aliphatic rings. The Morgan fingerprint density at radius 3 is 2.91 bits per heavy atom. The van der Waals surface area contributed by atoms with Gasteiger partial charge < -0.3 is 9.84 Å². The van der Waals surface area contributed by atoms with E-state index in [-0.39, 0.29) is 34.8 Å². The molecule has 0 radical (unpaired) electrons. The molecule has 1 heterocycles. The van der Waals surface area contributed by atoms with Crippen LogP contribution in [-0.2, 0) is 14.3 Å². The number of aliphatic hydroxyl groups is 1. The van der Waals surface area contributed by atoms with Crippen LogP contribution in [0, 0.1) is 17.3 Å². The van der Waals surface area contributed by atoms with Crippen molar-refractivity contribution >= 4 is 24.4 Å². The van der Waals surface area contributed by atoms with Crippen LogP contribution in [0.25, 0.3) is 0 Å². The normalized spacial score (nSPS) is 35.9. The number of carbonyl (C=O) groups excluding carboxylic acids is 2. The molecule has 4 nitrogen and oxygen atoms in total. The van der Waals surface area contributed by atoms with Crippen molar-refractivity contribution in [2.24, 2.45) is 17.3 Å². The average Bonchev–Trinajstić information content (AvgIpc) is 2.88. The molecule has 4 atom stereocenters. The third-order valence-corrected chi connectivity index (χ3v) is 5.82. The van der Waals surface area contributed by atoms with Crippen molar-refractivity contribution in [2.75, 3.05) is 5.75 Å². The van der Waals surface area contributed by atoms with Crippen LogP contribution >= 0.6 is 12.6 Å². The Labute approximate surface area is 136 Å². The van der Waals surface area contributed by atoms with Crippen LogP contribution in [0.15, 0.2) is 23.3 Å². The monoisotopic (exact) mass is 322 g/mol. The zero-order valence-corrected chi connectivity index (χ0v) is 13.8. The van der Waals surface area contributed by atoms with Gasteiger partial charge in [0.1, 0.15) is 11.9 Å². The van der Waals surface area contributed by atoms with Gasteiger partial charge in [-0.2, -0.15) is 12.6 Å². The molecule has 0 aromatic rings. The van der Waals surface area contributed by atoms with Crippen molar-refractivity contribution in [1.82, 2.24) is 0 Å². The van der Waals surface area contributed by atoms with Gasteiger partial charge in [0.05, 0.1) is 0 Å². The van der Waals surface area contributed by atoms with Crippen molar-refractivity contribution in [3.05, 3.63) is 23.3 Å². The van der Waals surface area contributed by atoms with Crippen molar-refractivity contribution in [2.45, 2.75) is 45.3 Å². The lowest BCUT2D eigenvalue weighted by Gasteiger charge is -2.50. The molecular formula is C17H22O4S. The highest BCUT2D eigenvalue weighted by Crippen LogP contribution is 2.54. The van der Waals surface area contributed by atoms with Crippen molar-refractivity contribution in [1.29, 1.82) is 0 Å². The van der Waals surface area contributed by atoms with Crippen LogP contribution in [0.4, 0.5) is 0 Å². The molecule has 2 aliphatic carbocycles. The minimum Gasteiger partial charge on any atom is -0.452 e. The van der Waals surface area contributed by atoms with Gasteiger partial charge in [0, 0.05) is 24.2 Å². The molecule has 120 valence electrons. The van der Waals surface area contributed by atoms with Crippen molar-refractivity contribution < 1.29 is 19.4 Å². The fourth-order valence-corrected chi connectivity index (χ4v) is 4.41. The number of Topliss-reactive ketones (excluding diaryl/α,β-unsaturated/α-hetero) is 1. The second-order valence-corrected chi connectivity index (χ2v) is 7.41. The lowest BCUT2D eigenvalue weighted by Crippen LogP contribution is -2.52. The number of rotatable bonds is 3. The number of aliphatic hydroxyl groups excluding tert-OH is 1. The molecule has 5 heteroatoms. The second kappa shape index (κ2) is 5.53. The van der Waals surface area contributed by atoms with Crippen LogP contribution in [0.3, 0.4) is 0 Å². The molecular weight excluding hydrogens is 300 g/mol. The summed E-state index contributed by atoms with van der Waals surface area (Å²) in [6.07, 6.45) is 4.52. The third-order valence-electron chi connectivity index (χ3n) is 5.47. The summed E-state index contributed by atoms with van der Waals surface area (Å²) in [5.74, 6) is 0.173. The van der Waals surface area contributed by atoms with Gasteiger partial charge in [-0.1, -0.05) is 25.5 Å². The Hall–Kier alpha value is -1.07. The maximum absolute atomic E-state index is 11.6. The number of esters is 1. The molecule has 0 amide bonds. The second-order valence-electron chi connectivity index (χ2n) is 7.09. The number of ether oxygens (including phenoxy) is 1. The quantitative estimate of drug-likeness (QED) is 0.474. The van der Waals surface area contributed by atoms with E-state index in [1.165, 1.54) is 0 Å². The first kappa shape index (κ1) is 15.8. The summed E-state index contributed by atoms with van der Waals surface area (Å²) in [6.45, 7) is 4.24. The van der Waals surface area contributed by atoms with Crippen LogP contribution in [0.2, 0.25) is 0 Å². The van der Waals surface area contributed by atoms with Crippen LogP contribution < -0.4 is 0 Å². The highest BCUT2D eigenvalue weighted by molar-refractivity contribution is 7.81. The SMILES string of the molecule is CC1(C)C2=CC(=O)OC2C(O)C2C=C(CC(=O)CS)CCC21. The van der Waals surface area contributed by atoms with Crippen LogP contribution in [-0.4, -0.2) is 34.8 Å². The molecule has 0 aromatic heterocycles. The Morgan fingerprint density at radius 2 is 2.23 bits per heavy atom. The standard InChI is InChI=1S/C17H22O4S/c1-17(2)12-4-3-9(5-10(18)8-22)6-11(12)15(20)16-13(17)7-14(19)21-16/h6-7,11-12,15-16,20,22H,3-5,8H2,1-2H3. The van der Waals surface area contributed by atoms with Crippen LogP contribution in [0.5, 0.6) is 0 Å². The first-order valence-corrected chi connectivity index (χ1v) is 8.40. The Balaban J connectivity index is 1.91. The predicted molar refractivity (Wildman–Crippen MR) is 85.5 cm³/mol. The van der Waals surface area contributed by atoms with Gasteiger partial charge >= 0.3 is 5.97 Å². The summed E-state index contributed by atoms with van der Waals surface area (Å²) < 4.78 is 5.31. The van der Waals surface area contributed by atoms with Gasteiger partial charge in [-0.15, -0.1) is 0 Å². The zero-order valence-electron chi connectivity index (χ0n) is 12.9. The molecule has 0 spiro atoms. The number of carbonyl (C=O) groups is 2. The highest BCUT2D eigenvalue weighted by Gasteiger charge is 2.54. The maximum atomic E-state index is 11.6. The molecule has 1 saturated carbocycles. The average molecular weight is 322 g/mol. The number of fused-ring (bicyclic) bond motifs is 2. The van der Waals surface area contributed by atoms with E-state index >= 15 is 0 Å². The van der Waals surface area contributed by atoms with Crippen LogP contribution in [0.1, 0.15) is 33.1 Å². The van der Waals surface area contributed by atoms with Gasteiger partial charge in [0.15, 0.2) is 6.10 Å². The van der Waals surface area contributed by atoms with E-state index in [4.69, 9.17) is 4.74 Å². The number of ketones is 1. The smallest absolute Gasteiger partial charge is 0.331 e. The van der Waals surface area contributed by atoms with Gasteiger partial charge in [-0.05, 0) is 29.7 Å². The summed E-state index contributed by atoms with van der Waals surface area (Å²) in [4.78, 5) is 23.2. The molecule has 1 fully saturated rings. The topological polar surface area (TPSA) is 63.6 Å². The van der Waals surface area contributed by atoms with E-state index in [0.29, 0.717) is 6.42 Å². The maximum Gasteiger partial charge on any atom is 0.331 e. The lowest BCUT2D eigenvalue weighted by molar-refractivity contribution is -0.148. The molecule has 0 aromatic carbocycles. The van der Waals surface area contributed by atoms with Crippen molar-refractivity contribution in [3.63, 3.8) is 0 Å². The highest BCUT2D eigenvalue weighted by atomic mass is 32.1. The molecule has 0 saturated heterocycles. The summed E-state index contributed by atoms with van der Waals surface area (Å²) in [7, 11) is 0. The summed E-state index contributed by atoms with van der Waals surface area (Å²) in [5.41, 5.74) is 1.80. The summed E-state index contributed by atoms with van der Waals surface area (Å²) in [5, 5.41) is 10.7. The lowest BCUT2D eigenvalue weighted by atomic mass is 9.56. The third kappa shape index (κ3) is 2.44. The number of hydrogen-bond donors (Lipinski definition) is 2. The zero-order chi connectivity index (χ0) is 16.1. The fraction of sp³-hybridized carbons (Fsp3) is 0.647. The Morgan fingerprint density at radius 1 is 1.50 bits per heavy atom. The molecule has 1 aliphatic heterocycles. The molecule has 0 bridgehead atoms. The van der Waals surface area contributed by atoms with E-state index in [0.717, 1.165) is 24.0 Å². The molecule has 4 unspecified atom stereocenters. The van der Waals surface area contributed by atoms with Gasteiger partial charge in [0.25, 0.3) is 0 Å². The first-order valence-electron chi connectivity index (χ1n) is 7.77.